The van der Waals surface area contributed by atoms with E-state index in [1.165, 1.54) is 17.7 Å². The van der Waals surface area contributed by atoms with Gasteiger partial charge in [-0.2, -0.15) is 0 Å². The number of guanidine groups is 1. The fraction of sp³-hybridized carbons (Fsp3) is 0.588. The van der Waals surface area contributed by atoms with Gasteiger partial charge in [0, 0.05) is 26.7 Å². The number of anilines is 2. The fourth-order valence-electron chi connectivity index (χ4n) is 2.50. The Balaban J connectivity index is 2.11. The first-order chi connectivity index (χ1) is 10.7. The van der Waals surface area contributed by atoms with Crippen molar-refractivity contribution < 1.29 is 4.74 Å². The summed E-state index contributed by atoms with van der Waals surface area (Å²) in [5.41, 5.74) is 3.58. The number of nitrogens with one attached hydrogen (secondary N) is 2. The first-order valence-electron chi connectivity index (χ1n) is 8.15. The van der Waals surface area contributed by atoms with Crippen LogP contribution in [0.5, 0.6) is 0 Å². The molecule has 1 fully saturated rings. The molecule has 22 heavy (non-hydrogen) atoms. The minimum absolute atomic E-state index is 0.789. The van der Waals surface area contributed by atoms with E-state index < -0.39 is 0 Å². The lowest BCUT2D eigenvalue weighted by Gasteiger charge is -2.31. The van der Waals surface area contributed by atoms with Crippen LogP contribution >= 0.6 is 0 Å². The molecule has 1 aromatic carbocycles. The number of hydrogen-bond donors (Lipinski definition) is 2. The number of aliphatic imine (C=N–C) groups is 1. The molecule has 0 unspecified atom stereocenters. The van der Waals surface area contributed by atoms with E-state index in [2.05, 4.69) is 52.6 Å². The maximum atomic E-state index is 5.46. The number of ether oxygens (including phenoxy) is 1. The fourth-order valence-corrected chi connectivity index (χ4v) is 2.50. The van der Waals surface area contributed by atoms with Gasteiger partial charge in [0.1, 0.15) is 0 Å². The number of hydrogen-bond acceptors (Lipinski definition) is 3. The van der Waals surface area contributed by atoms with Gasteiger partial charge in [0.15, 0.2) is 5.96 Å². The molecule has 1 aliphatic heterocycles. The van der Waals surface area contributed by atoms with Crippen LogP contribution < -0.4 is 15.5 Å². The minimum Gasteiger partial charge on any atom is -0.378 e. The van der Waals surface area contributed by atoms with E-state index in [9.17, 15) is 0 Å². The summed E-state index contributed by atoms with van der Waals surface area (Å²) < 4.78 is 5.46. The van der Waals surface area contributed by atoms with Crippen LogP contribution in [0.15, 0.2) is 23.2 Å². The lowest BCUT2D eigenvalue weighted by molar-refractivity contribution is 0.123. The second-order valence-electron chi connectivity index (χ2n) is 5.60. The van der Waals surface area contributed by atoms with Gasteiger partial charge in [0.05, 0.1) is 24.6 Å². The Morgan fingerprint density at radius 3 is 2.77 bits per heavy atom. The van der Waals surface area contributed by atoms with E-state index in [4.69, 9.17) is 4.74 Å². The number of nitrogens with zero attached hydrogens (tertiary/aromatic N) is 2. The van der Waals surface area contributed by atoms with Crippen molar-refractivity contribution in [2.75, 3.05) is 50.1 Å². The highest BCUT2D eigenvalue weighted by atomic mass is 16.5. The van der Waals surface area contributed by atoms with Crippen LogP contribution in [-0.4, -0.2) is 45.9 Å². The number of benzene rings is 1. The van der Waals surface area contributed by atoms with E-state index in [0.29, 0.717) is 0 Å². The second-order valence-corrected chi connectivity index (χ2v) is 5.60. The lowest BCUT2D eigenvalue weighted by Crippen LogP contribution is -2.37. The maximum Gasteiger partial charge on any atom is 0.195 e. The molecule has 1 aromatic rings. The molecule has 0 aliphatic carbocycles. The minimum atomic E-state index is 0.789. The van der Waals surface area contributed by atoms with Gasteiger partial charge in [-0.05, 0) is 31.0 Å². The van der Waals surface area contributed by atoms with Gasteiger partial charge in [-0.15, -0.1) is 0 Å². The van der Waals surface area contributed by atoms with Crippen LogP contribution in [-0.2, 0) is 4.74 Å². The zero-order chi connectivity index (χ0) is 15.8. The van der Waals surface area contributed by atoms with E-state index >= 15 is 0 Å². The molecule has 0 saturated carbocycles. The van der Waals surface area contributed by atoms with Crippen molar-refractivity contribution in [1.82, 2.24) is 5.32 Å². The average molecular weight is 304 g/mol. The Hall–Kier alpha value is -1.75. The molecule has 0 bridgehead atoms. The molecule has 0 amide bonds. The molecule has 0 radical (unpaired) electrons. The number of unbranched alkanes of at least 4 members (excludes halogenated alkanes) is 1. The van der Waals surface area contributed by atoms with Gasteiger partial charge in [-0.1, -0.05) is 19.4 Å². The predicted molar refractivity (Wildman–Crippen MR) is 94.1 cm³/mol. The summed E-state index contributed by atoms with van der Waals surface area (Å²) in [4.78, 5) is 6.69. The summed E-state index contributed by atoms with van der Waals surface area (Å²) in [5.74, 6) is 0.826. The molecule has 2 rings (SSSR count). The van der Waals surface area contributed by atoms with Gasteiger partial charge < -0.3 is 20.3 Å². The smallest absolute Gasteiger partial charge is 0.195 e. The molecule has 2 N–H and O–H groups in total. The summed E-state index contributed by atoms with van der Waals surface area (Å²) in [6.45, 7) is 8.69. The monoisotopic (exact) mass is 304 g/mol. The van der Waals surface area contributed by atoms with E-state index in [1.807, 2.05) is 7.05 Å². The molecular formula is C17H28N4O. The van der Waals surface area contributed by atoms with Crippen molar-refractivity contribution in [3.63, 3.8) is 0 Å². The normalized spacial score (nSPS) is 15.8. The molecule has 5 heteroatoms. The van der Waals surface area contributed by atoms with Crippen molar-refractivity contribution in [3.05, 3.63) is 23.8 Å². The van der Waals surface area contributed by atoms with Gasteiger partial charge >= 0.3 is 0 Å². The molecule has 5 nitrogen and oxygen atoms in total. The van der Waals surface area contributed by atoms with Crippen molar-refractivity contribution in [2.45, 2.75) is 26.7 Å². The Labute approximate surface area is 133 Å². The molecule has 0 aromatic heterocycles. The molecule has 122 valence electrons. The summed E-state index contributed by atoms with van der Waals surface area (Å²) >= 11 is 0. The van der Waals surface area contributed by atoms with E-state index in [0.717, 1.165) is 50.9 Å². The van der Waals surface area contributed by atoms with Crippen LogP contribution in [0.1, 0.15) is 25.3 Å². The Bertz CT molecular complexity index is 495. The molecule has 1 heterocycles. The Kier molecular flexibility index (Phi) is 6.52. The van der Waals surface area contributed by atoms with Crippen LogP contribution in [0.2, 0.25) is 0 Å². The molecule has 0 spiro atoms. The zero-order valence-corrected chi connectivity index (χ0v) is 14.0. The highest BCUT2D eigenvalue weighted by Crippen LogP contribution is 2.28. The van der Waals surface area contributed by atoms with Crippen molar-refractivity contribution >= 4 is 17.3 Å². The van der Waals surface area contributed by atoms with Crippen molar-refractivity contribution in [3.8, 4) is 0 Å². The number of morpholine rings is 1. The zero-order valence-electron chi connectivity index (χ0n) is 14.0. The van der Waals surface area contributed by atoms with E-state index in [1.54, 1.807) is 0 Å². The first-order valence-corrected chi connectivity index (χ1v) is 8.15. The quantitative estimate of drug-likeness (QED) is 0.499. The maximum absolute atomic E-state index is 5.46. The molecule has 1 saturated heterocycles. The van der Waals surface area contributed by atoms with Crippen LogP contribution in [0.3, 0.4) is 0 Å². The molecule has 1 aliphatic rings. The van der Waals surface area contributed by atoms with E-state index in [-0.39, 0.29) is 0 Å². The molecular weight excluding hydrogens is 276 g/mol. The van der Waals surface area contributed by atoms with Crippen LogP contribution in [0, 0.1) is 6.92 Å². The number of rotatable bonds is 5. The topological polar surface area (TPSA) is 48.9 Å². The van der Waals surface area contributed by atoms with Gasteiger partial charge in [0.25, 0.3) is 0 Å². The molecule has 0 atom stereocenters. The van der Waals surface area contributed by atoms with Gasteiger partial charge in [-0.25, -0.2) is 0 Å². The second kappa shape index (κ2) is 8.63. The first kappa shape index (κ1) is 16.6. The third-order valence-corrected chi connectivity index (χ3v) is 3.80. The summed E-state index contributed by atoms with van der Waals surface area (Å²) in [6.07, 6.45) is 2.32. The van der Waals surface area contributed by atoms with Crippen molar-refractivity contribution in [2.24, 2.45) is 4.99 Å². The van der Waals surface area contributed by atoms with Crippen molar-refractivity contribution in [1.29, 1.82) is 0 Å². The lowest BCUT2D eigenvalue weighted by atomic mass is 10.1. The highest BCUT2D eigenvalue weighted by Gasteiger charge is 2.15. The van der Waals surface area contributed by atoms with Crippen LogP contribution in [0.25, 0.3) is 0 Å². The van der Waals surface area contributed by atoms with Gasteiger partial charge in [0.2, 0.25) is 0 Å². The number of aryl methyl sites for hydroxylation is 1. The summed E-state index contributed by atoms with van der Waals surface area (Å²) in [6, 6.07) is 6.49. The highest BCUT2D eigenvalue weighted by molar-refractivity contribution is 5.96. The summed E-state index contributed by atoms with van der Waals surface area (Å²) in [5, 5.41) is 6.80. The largest absolute Gasteiger partial charge is 0.378 e. The third kappa shape index (κ3) is 4.63. The standard InChI is InChI=1S/C17H28N4O/c1-4-5-8-19-17(18-3)20-15-7-6-14(2)13-16(15)21-9-11-22-12-10-21/h6-7,13H,4-5,8-12H2,1-3H3,(H2,18,19,20). The Morgan fingerprint density at radius 2 is 2.09 bits per heavy atom. The Morgan fingerprint density at radius 1 is 1.32 bits per heavy atom. The summed E-state index contributed by atoms with van der Waals surface area (Å²) in [7, 11) is 1.81. The van der Waals surface area contributed by atoms with Gasteiger partial charge in [-0.3, -0.25) is 4.99 Å². The SMILES string of the molecule is CCCCNC(=NC)Nc1ccc(C)cc1N1CCOCC1. The van der Waals surface area contributed by atoms with Crippen LogP contribution in [0.4, 0.5) is 11.4 Å². The predicted octanol–water partition coefficient (Wildman–Crippen LogP) is 2.62. The third-order valence-electron chi connectivity index (χ3n) is 3.80. The average Bonchev–Trinajstić information content (AvgIpc) is 2.56.